The number of fused-ring (bicyclic) bond motifs is 1. The Morgan fingerprint density at radius 1 is 1.11 bits per heavy atom. The molecule has 0 radical (unpaired) electrons. The number of aryl methyl sites for hydroxylation is 1. The van der Waals surface area contributed by atoms with Crippen molar-refractivity contribution >= 4 is 23.0 Å². The molecule has 3 aromatic rings. The van der Waals surface area contributed by atoms with Crippen molar-refractivity contribution in [2.45, 2.75) is 65.1 Å². The number of ether oxygens (including phenoxy) is 1. The minimum absolute atomic E-state index is 0.0144. The molecule has 0 aliphatic rings. The fourth-order valence-electron chi connectivity index (χ4n) is 4.17. The summed E-state index contributed by atoms with van der Waals surface area (Å²) in [6, 6.07) is 15.6. The number of H-pyrrole nitrogens is 1. The molecule has 3 rings (SSSR count). The van der Waals surface area contributed by atoms with Crippen LogP contribution in [0.1, 0.15) is 56.8 Å². The lowest BCUT2D eigenvalue weighted by atomic mass is 10.0. The number of hydrogen-bond donors (Lipinski definition) is 3. The number of nitrogens with one attached hydrogen (secondary N) is 2. The molecular weight excluding hydrogens is 442 g/mol. The number of carboxylic acids is 1. The third-order valence-electron chi connectivity index (χ3n) is 6.00. The van der Waals surface area contributed by atoms with Crippen LogP contribution in [0.15, 0.2) is 54.7 Å². The van der Waals surface area contributed by atoms with Crippen molar-refractivity contribution in [3.63, 3.8) is 0 Å². The number of carboxylic acid groups (broad SMARTS) is 1. The van der Waals surface area contributed by atoms with Crippen molar-refractivity contribution in [1.29, 1.82) is 0 Å². The van der Waals surface area contributed by atoms with Crippen LogP contribution in [0, 0.1) is 6.92 Å². The maximum Gasteiger partial charge on any atom is 0.410 e. The second-order valence-corrected chi connectivity index (χ2v) is 10.1. The van der Waals surface area contributed by atoms with E-state index in [0.29, 0.717) is 19.5 Å². The zero-order valence-corrected chi connectivity index (χ0v) is 21.3. The third kappa shape index (κ3) is 7.59. The van der Waals surface area contributed by atoms with Crippen molar-refractivity contribution in [2.24, 2.45) is 0 Å². The van der Waals surface area contributed by atoms with E-state index < -0.39 is 17.7 Å². The Kier molecular flexibility index (Phi) is 8.57. The van der Waals surface area contributed by atoms with Crippen molar-refractivity contribution in [3.05, 3.63) is 71.4 Å². The van der Waals surface area contributed by atoms with Gasteiger partial charge >= 0.3 is 12.1 Å². The van der Waals surface area contributed by atoms with Gasteiger partial charge in [0.2, 0.25) is 0 Å². The van der Waals surface area contributed by atoms with Gasteiger partial charge in [-0.1, -0.05) is 48.0 Å². The lowest BCUT2D eigenvalue weighted by Gasteiger charge is -2.32. The molecule has 7 heteroatoms. The molecular formula is C28H37N3O4. The summed E-state index contributed by atoms with van der Waals surface area (Å²) < 4.78 is 5.68. The Morgan fingerprint density at radius 2 is 1.80 bits per heavy atom. The number of para-hydroxylation sites is 1. The van der Waals surface area contributed by atoms with Gasteiger partial charge in [-0.25, -0.2) is 4.79 Å². The monoisotopic (exact) mass is 479 g/mol. The van der Waals surface area contributed by atoms with E-state index in [-0.39, 0.29) is 18.5 Å². The van der Waals surface area contributed by atoms with E-state index in [1.807, 2.05) is 89.3 Å². The van der Waals surface area contributed by atoms with Gasteiger partial charge in [0.25, 0.3) is 0 Å². The minimum atomic E-state index is -0.862. The summed E-state index contributed by atoms with van der Waals surface area (Å²) in [6.45, 7) is 10.4. The first-order chi connectivity index (χ1) is 16.5. The first-order valence-corrected chi connectivity index (χ1v) is 12.1. The van der Waals surface area contributed by atoms with E-state index in [4.69, 9.17) is 4.74 Å². The second kappa shape index (κ2) is 11.4. The molecule has 2 atom stereocenters. The third-order valence-corrected chi connectivity index (χ3v) is 6.00. The van der Waals surface area contributed by atoms with Crippen LogP contribution in [0.25, 0.3) is 10.9 Å². The lowest BCUT2D eigenvalue weighted by molar-refractivity contribution is -0.137. The Morgan fingerprint density at radius 3 is 2.46 bits per heavy atom. The summed E-state index contributed by atoms with van der Waals surface area (Å²) in [4.78, 5) is 29.6. The van der Waals surface area contributed by atoms with Gasteiger partial charge in [0.15, 0.2) is 0 Å². The summed E-state index contributed by atoms with van der Waals surface area (Å²) >= 11 is 0. The standard InChI is InChI=1S/C28H37N3O4/c1-19-10-12-21(13-11-19)20(2)31(27(34)35-28(3,4)5)15-14-29-23(17-26(32)33)16-22-18-30-25-9-7-6-8-24(22)25/h6-13,18,20,23,29-30H,14-17H2,1-5H3,(H,32,33)/t20?,23-/m0/s1. The molecule has 0 saturated heterocycles. The number of carbonyl (C=O) groups is 2. The predicted molar refractivity (Wildman–Crippen MR) is 139 cm³/mol. The van der Waals surface area contributed by atoms with Crippen LogP contribution < -0.4 is 5.32 Å². The number of nitrogens with zero attached hydrogens (tertiary/aromatic N) is 1. The molecule has 0 bridgehead atoms. The van der Waals surface area contributed by atoms with Crippen molar-refractivity contribution in [3.8, 4) is 0 Å². The highest BCUT2D eigenvalue weighted by Crippen LogP contribution is 2.23. The van der Waals surface area contributed by atoms with E-state index in [9.17, 15) is 14.7 Å². The molecule has 0 spiro atoms. The average molecular weight is 480 g/mol. The highest BCUT2D eigenvalue weighted by Gasteiger charge is 2.27. The molecule has 0 aliphatic heterocycles. The molecule has 2 aromatic carbocycles. The molecule has 7 nitrogen and oxygen atoms in total. The molecule has 35 heavy (non-hydrogen) atoms. The van der Waals surface area contributed by atoms with Gasteiger partial charge < -0.3 is 25.0 Å². The van der Waals surface area contributed by atoms with Gasteiger partial charge in [-0.05, 0) is 58.2 Å². The topological polar surface area (TPSA) is 94.7 Å². The summed E-state index contributed by atoms with van der Waals surface area (Å²) in [5.74, 6) is -0.862. The van der Waals surface area contributed by atoms with Gasteiger partial charge in [-0.2, -0.15) is 0 Å². The fraction of sp³-hybridized carbons (Fsp3) is 0.429. The van der Waals surface area contributed by atoms with Gasteiger partial charge in [-0.3, -0.25) is 4.79 Å². The normalized spacial score (nSPS) is 13.4. The molecule has 1 heterocycles. The SMILES string of the molecule is Cc1ccc(C(C)N(CCN[C@H](CC(=O)O)Cc2c[nH]c3ccccc23)C(=O)OC(C)(C)C)cc1. The summed E-state index contributed by atoms with van der Waals surface area (Å²) in [7, 11) is 0. The minimum Gasteiger partial charge on any atom is -0.481 e. The van der Waals surface area contributed by atoms with Crippen LogP contribution in [0.3, 0.4) is 0 Å². The van der Waals surface area contributed by atoms with Crippen LogP contribution in [0.5, 0.6) is 0 Å². The predicted octanol–water partition coefficient (Wildman–Crippen LogP) is 5.45. The molecule has 3 N–H and O–H groups in total. The van der Waals surface area contributed by atoms with Gasteiger partial charge in [-0.15, -0.1) is 0 Å². The summed E-state index contributed by atoms with van der Waals surface area (Å²) in [5, 5.41) is 13.9. The Labute approximate surface area is 207 Å². The highest BCUT2D eigenvalue weighted by atomic mass is 16.6. The number of aromatic amines is 1. The number of amides is 1. The van der Waals surface area contributed by atoms with Crippen molar-refractivity contribution in [2.75, 3.05) is 13.1 Å². The number of hydrogen-bond acceptors (Lipinski definition) is 4. The van der Waals surface area contributed by atoms with Crippen LogP contribution >= 0.6 is 0 Å². The molecule has 1 unspecified atom stereocenters. The van der Waals surface area contributed by atoms with Crippen LogP contribution in [-0.2, 0) is 16.0 Å². The number of rotatable bonds is 10. The Balaban J connectivity index is 1.72. The maximum absolute atomic E-state index is 13.1. The Bertz CT molecular complexity index is 1130. The van der Waals surface area contributed by atoms with Gasteiger partial charge in [0.05, 0.1) is 12.5 Å². The first kappa shape index (κ1) is 26.3. The fourth-order valence-corrected chi connectivity index (χ4v) is 4.17. The molecule has 0 fully saturated rings. The number of benzene rings is 2. The Hall–Kier alpha value is -3.32. The zero-order chi connectivity index (χ0) is 25.6. The number of aromatic nitrogens is 1. The summed E-state index contributed by atoms with van der Waals surface area (Å²) in [5.41, 5.74) is 3.65. The lowest BCUT2D eigenvalue weighted by Crippen LogP contribution is -2.44. The van der Waals surface area contributed by atoms with Crippen LogP contribution in [0.4, 0.5) is 4.79 Å². The summed E-state index contributed by atoms with van der Waals surface area (Å²) in [6.07, 6.45) is 2.10. The van der Waals surface area contributed by atoms with Crippen LogP contribution in [-0.4, -0.2) is 51.8 Å². The zero-order valence-electron chi connectivity index (χ0n) is 21.3. The van der Waals surface area contributed by atoms with Crippen molar-refractivity contribution in [1.82, 2.24) is 15.2 Å². The smallest absolute Gasteiger partial charge is 0.410 e. The highest BCUT2D eigenvalue weighted by molar-refractivity contribution is 5.83. The van der Waals surface area contributed by atoms with E-state index in [1.54, 1.807) is 4.90 Å². The van der Waals surface area contributed by atoms with Crippen LogP contribution in [0.2, 0.25) is 0 Å². The number of aliphatic carboxylic acids is 1. The van der Waals surface area contributed by atoms with E-state index in [0.717, 1.165) is 27.6 Å². The maximum atomic E-state index is 13.1. The van der Waals surface area contributed by atoms with Gasteiger partial charge in [0.1, 0.15) is 5.60 Å². The largest absolute Gasteiger partial charge is 0.481 e. The van der Waals surface area contributed by atoms with Crippen molar-refractivity contribution < 1.29 is 19.4 Å². The molecule has 1 amide bonds. The molecule has 188 valence electrons. The van der Waals surface area contributed by atoms with E-state index in [2.05, 4.69) is 10.3 Å². The van der Waals surface area contributed by atoms with E-state index in [1.165, 1.54) is 0 Å². The average Bonchev–Trinajstić information content (AvgIpc) is 3.18. The first-order valence-electron chi connectivity index (χ1n) is 12.1. The van der Waals surface area contributed by atoms with E-state index >= 15 is 0 Å². The molecule has 0 saturated carbocycles. The van der Waals surface area contributed by atoms with Gasteiger partial charge in [0, 0.05) is 36.2 Å². The molecule has 0 aliphatic carbocycles. The second-order valence-electron chi connectivity index (χ2n) is 10.1. The molecule has 1 aromatic heterocycles. The number of carbonyl (C=O) groups excluding carboxylic acids is 1. The quantitative estimate of drug-likeness (QED) is 0.359.